The van der Waals surface area contributed by atoms with Crippen LogP contribution in [-0.2, 0) is 0 Å². The van der Waals surface area contributed by atoms with E-state index in [1.807, 2.05) is 48.5 Å². The van der Waals surface area contributed by atoms with Crippen molar-refractivity contribution < 1.29 is 4.42 Å². The van der Waals surface area contributed by atoms with Crippen molar-refractivity contribution >= 4 is 50.1 Å². The van der Waals surface area contributed by atoms with Crippen LogP contribution < -0.4 is 4.90 Å². The minimum absolute atomic E-state index is 0.618. The summed E-state index contributed by atoms with van der Waals surface area (Å²) in [6.45, 7) is 0. The van der Waals surface area contributed by atoms with Crippen molar-refractivity contribution in [3.05, 3.63) is 133 Å². The van der Waals surface area contributed by atoms with Gasteiger partial charge in [-0.05, 0) is 60.7 Å². The zero-order chi connectivity index (χ0) is 26.9. The third-order valence-corrected chi connectivity index (χ3v) is 7.95. The summed E-state index contributed by atoms with van der Waals surface area (Å²) < 4.78 is 8.55. The van der Waals surface area contributed by atoms with Gasteiger partial charge in [0, 0.05) is 21.9 Å². The number of hydrogen-bond acceptors (Lipinski definition) is 4. The van der Waals surface area contributed by atoms with Crippen molar-refractivity contribution in [2.24, 2.45) is 0 Å². The number of hydrogen-bond donors (Lipinski definition) is 0. The number of aromatic nitrogens is 3. The lowest BCUT2D eigenvalue weighted by Crippen LogP contribution is -2.19. The molecule has 192 valence electrons. The van der Waals surface area contributed by atoms with Crippen molar-refractivity contribution in [3.8, 4) is 28.4 Å². The monoisotopic (exact) mass is 526 g/mol. The molecule has 3 aromatic heterocycles. The number of para-hydroxylation sites is 4. The standard InChI is InChI=1S/C36H22N4O/c1-2-10-23(11-3-1)36-38-28-21-20-24(22-33(28)41-36)27-14-9-19-34(37-27)39-30-16-6-7-17-31(30)40-29-15-5-4-12-25(29)26-13-8-18-32(39)35(26)40/h1-22H. The lowest BCUT2D eigenvalue weighted by Gasteiger charge is -2.32. The van der Waals surface area contributed by atoms with Crippen LogP contribution in [0.1, 0.15) is 0 Å². The van der Waals surface area contributed by atoms with Gasteiger partial charge in [0.05, 0.1) is 33.8 Å². The number of nitrogens with zero attached hydrogens (tertiary/aromatic N) is 4. The summed E-state index contributed by atoms with van der Waals surface area (Å²) in [4.78, 5) is 12.2. The Morgan fingerprint density at radius 3 is 2.22 bits per heavy atom. The van der Waals surface area contributed by atoms with E-state index in [4.69, 9.17) is 14.4 Å². The highest BCUT2D eigenvalue weighted by Gasteiger charge is 2.28. The van der Waals surface area contributed by atoms with Crippen LogP contribution in [0.15, 0.2) is 138 Å². The molecule has 5 nitrogen and oxygen atoms in total. The minimum Gasteiger partial charge on any atom is -0.436 e. The van der Waals surface area contributed by atoms with Gasteiger partial charge in [-0.15, -0.1) is 0 Å². The molecule has 0 radical (unpaired) electrons. The average molecular weight is 527 g/mol. The molecule has 8 aromatic rings. The molecule has 4 heterocycles. The number of rotatable bonds is 3. The highest BCUT2D eigenvalue weighted by Crippen LogP contribution is 2.49. The number of pyridine rings is 1. The first-order chi connectivity index (χ1) is 20.3. The molecular weight excluding hydrogens is 504 g/mol. The third kappa shape index (κ3) is 3.23. The number of benzene rings is 5. The van der Waals surface area contributed by atoms with E-state index in [9.17, 15) is 0 Å². The lowest BCUT2D eigenvalue weighted by atomic mass is 10.1. The van der Waals surface area contributed by atoms with E-state index in [-0.39, 0.29) is 0 Å². The predicted molar refractivity (Wildman–Crippen MR) is 165 cm³/mol. The Bertz CT molecular complexity index is 2280. The predicted octanol–water partition coefficient (Wildman–Crippen LogP) is 9.44. The van der Waals surface area contributed by atoms with Crippen LogP contribution in [0.3, 0.4) is 0 Å². The molecule has 0 amide bonds. The van der Waals surface area contributed by atoms with E-state index in [2.05, 4.69) is 94.4 Å². The van der Waals surface area contributed by atoms with Gasteiger partial charge < -0.3 is 8.98 Å². The summed E-state index contributed by atoms with van der Waals surface area (Å²) in [5, 5.41) is 2.48. The molecule has 0 N–H and O–H groups in total. The van der Waals surface area contributed by atoms with Gasteiger partial charge in [0.15, 0.2) is 5.58 Å². The molecule has 1 aliphatic rings. The van der Waals surface area contributed by atoms with Crippen LogP contribution in [0, 0.1) is 0 Å². The fourth-order valence-corrected chi connectivity index (χ4v) is 6.15. The van der Waals surface area contributed by atoms with Gasteiger partial charge in [0.25, 0.3) is 0 Å². The second-order valence-electron chi connectivity index (χ2n) is 10.3. The molecule has 0 atom stereocenters. The third-order valence-electron chi connectivity index (χ3n) is 7.95. The number of fused-ring (bicyclic) bond motifs is 6. The van der Waals surface area contributed by atoms with Gasteiger partial charge in [-0.25, -0.2) is 9.97 Å². The van der Waals surface area contributed by atoms with Crippen molar-refractivity contribution in [3.63, 3.8) is 0 Å². The summed E-state index contributed by atoms with van der Waals surface area (Å²) in [7, 11) is 0. The second kappa shape index (κ2) is 8.41. The van der Waals surface area contributed by atoms with Crippen LogP contribution in [0.5, 0.6) is 0 Å². The Labute approximate surface area is 235 Å². The fourth-order valence-electron chi connectivity index (χ4n) is 6.15. The zero-order valence-corrected chi connectivity index (χ0v) is 21.9. The zero-order valence-electron chi connectivity index (χ0n) is 21.9. The molecule has 0 unspecified atom stereocenters. The highest BCUT2D eigenvalue weighted by molar-refractivity contribution is 6.16. The maximum Gasteiger partial charge on any atom is 0.227 e. The molecule has 0 saturated carbocycles. The van der Waals surface area contributed by atoms with Crippen molar-refractivity contribution in [1.82, 2.24) is 14.5 Å². The summed E-state index contributed by atoms with van der Waals surface area (Å²) >= 11 is 0. The fraction of sp³-hybridized carbons (Fsp3) is 0. The van der Waals surface area contributed by atoms with Crippen molar-refractivity contribution in [1.29, 1.82) is 0 Å². The Balaban J connectivity index is 1.21. The van der Waals surface area contributed by atoms with Crippen LogP contribution in [-0.4, -0.2) is 14.5 Å². The molecule has 41 heavy (non-hydrogen) atoms. The van der Waals surface area contributed by atoms with Gasteiger partial charge in [-0.2, -0.15) is 0 Å². The first-order valence-corrected chi connectivity index (χ1v) is 13.7. The van der Waals surface area contributed by atoms with Gasteiger partial charge in [-0.1, -0.05) is 72.8 Å². The Kier molecular flexibility index (Phi) is 4.55. The van der Waals surface area contributed by atoms with Crippen LogP contribution in [0.4, 0.5) is 17.2 Å². The first-order valence-electron chi connectivity index (χ1n) is 13.7. The Hall–Kier alpha value is -5.68. The molecule has 0 bridgehead atoms. The molecule has 1 aliphatic heterocycles. The summed E-state index contributed by atoms with van der Waals surface area (Å²) in [6, 6.07) is 46.0. The molecule has 9 rings (SSSR count). The van der Waals surface area contributed by atoms with E-state index in [0.29, 0.717) is 5.89 Å². The maximum atomic E-state index is 6.16. The summed E-state index contributed by atoms with van der Waals surface area (Å²) in [5.74, 6) is 1.48. The second-order valence-corrected chi connectivity index (χ2v) is 10.3. The minimum atomic E-state index is 0.618. The van der Waals surface area contributed by atoms with E-state index >= 15 is 0 Å². The van der Waals surface area contributed by atoms with Gasteiger partial charge in [0.2, 0.25) is 5.89 Å². The number of oxazole rings is 1. The quantitative estimate of drug-likeness (QED) is 0.230. The Morgan fingerprint density at radius 2 is 1.29 bits per heavy atom. The molecule has 0 aliphatic carbocycles. The molecular formula is C36H22N4O. The van der Waals surface area contributed by atoms with Gasteiger partial charge >= 0.3 is 0 Å². The van der Waals surface area contributed by atoms with E-state index in [1.54, 1.807) is 0 Å². The molecule has 0 fully saturated rings. The number of anilines is 3. The molecule has 5 aromatic carbocycles. The molecule has 0 saturated heterocycles. The Morgan fingerprint density at radius 1 is 0.537 bits per heavy atom. The maximum absolute atomic E-state index is 6.16. The largest absolute Gasteiger partial charge is 0.436 e. The topological polar surface area (TPSA) is 47.1 Å². The van der Waals surface area contributed by atoms with Crippen molar-refractivity contribution in [2.75, 3.05) is 4.90 Å². The van der Waals surface area contributed by atoms with Crippen molar-refractivity contribution in [2.45, 2.75) is 0 Å². The van der Waals surface area contributed by atoms with E-state index in [1.165, 1.54) is 21.8 Å². The first kappa shape index (κ1) is 22.2. The van der Waals surface area contributed by atoms with Crippen LogP contribution in [0.25, 0.3) is 61.3 Å². The van der Waals surface area contributed by atoms with E-state index < -0.39 is 0 Å². The van der Waals surface area contributed by atoms with Crippen LogP contribution >= 0.6 is 0 Å². The van der Waals surface area contributed by atoms with Gasteiger partial charge in [-0.3, -0.25) is 4.90 Å². The summed E-state index contributed by atoms with van der Waals surface area (Å²) in [5.41, 5.74) is 10.1. The van der Waals surface area contributed by atoms with Crippen LogP contribution in [0.2, 0.25) is 0 Å². The molecule has 5 heteroatoms. The summed E-state index contributed by atoms with van der Waals surface area (Å²) in [6.07, 6.45) is 0. The molecule has 0 spiro atoms. The highest BCUT2D eigenvalue weighted by atomic mass is 16.3. The SMILES string of the molecule is c1ccc(-c2nc3ccc(-c4cccc(N5c6ccccc6-n6c7ccccc7c7cccc5c76)n4)cc3o2)cc1. The van der Waals surface area contributed by atoms with E-state index in [0.717, 1.165) is 50.8 Å². The smallest absolute Gasteiger partial charge is 0.227 e. The van der Waals surface area contributed by atoms with Gasteiger partial charge in [0.1, 0.15) is 11.3 Å². The normalized spacial score (nSPS) is 12.3. The average Bonchev–Trinajstić information content (AvgIpc) is 3.62. The lowest BCUT2D eigenvalue weighted by molar-refractivity contribution is 0.620.